The molecule has 35 heavy (non-hydrogen) atoms. The van der Waals surface area contributed by atoms with Crippen molar-refractivity contribution in [3.63, 3.8) is 0 Å². The third-order valence-electron chi connectivity index (χ3n) is 5.85. The highest BCUT2D eigenvalue weighted by Gasteiger charge is 2.25. The molecule has 8 nitrogen and oxygen atoms in total. The summed E-state index contributed by atoms with van der Waals surface area (Å²) in [5.74, 6) is -1.47. The standard InChI is InChI=1S/C24H25F2N3O5S/c1-3-15-7-8-17-16(15)5-4-6-21(17)34-24-28-20(13-33-24)23(30)27-10-9-14-11-18(25)22(19(26)12-14)29-35(2,31)32/h4-6,11-13,15,29H,3,7-10H2,1-2H3,(H,27,30). The Morgan fingerprint density at radius 3 is 2.69 bits per heavy atom. The molecular formula is C24H25F2N3O5S. The van der Waals surface area contributed by atoms with Gasteiger partial charge in [-0.3, -0.25) is 9.52 Å². The van der Waals surface area contributed by atoms with E-state index in [9.17, 15) is 22.0 Å². The molecule has 0 aliphatic heterocycles. The Morgan fingerprint density at radius 2 is 2.00 bits per heavy atom. The Labute approximate surface area is 201 Å². The fraction of sp³-hybridized carbons (Fsp3) is 0.333. The quantitative estimate of drug-likeness (QED) is 0.442. The van der Waals surface area contributed by atoms with Crippen LogP contribution in [-0.4, -0.2) is 32.1 Å². The first kappa shape index (κ1) is 24.6. The number of halogens is 2. The van der Waals surface area contributed by atoms with Crippen molar-refractivity contribution in [3.8, 4) is 11.8 Å². The number of ether oxygens (including phenoxy) is 1. The number of carbonyl (C=O) groups excluding carboxylic acids is 1. The third-order valence-corrected chi connectivity index (χ3v) is 6.42. The first-order chi connectivity index (χ1) is 16.6. The predicted octanol–water partition coefficient (Wildman–Crippen LogP) is 4.53. The summed E-state index contributed by atoms with van der Waals surface area (Å²) in [7, 11) is -3.83. The number of anilines is 1. The summed E-state index contributed by atoms with van der Waals surface area (Å²) in [6.45, 7) is 2.22. The van der Waals surface area contributed by atoms with E-state index in [1.165, 1.54) is 11.8 Å². The molecule has 2 N–H and O–H groups in total. The molecule has 0 spiro atoms. The van der Waals surface area contributed by atoms with Gasteiger partial charge >= 0.3 is 6.08 Å². The second-order valence-electron chi connectivity index (χ2n) is 8.38. The van der Waals surface area contributed by atoms with Crippen molar-refractivity contribution in [3.05, 3.63) is 70.6 Å². The predicted molar refractivity (Wildman–Crippen MR) is 125 cm³/mol. The lowest BCUT2D eigenvalue weighted by molar-refractivity contribution is 0.0949. The Morgan fingerprint density at radius 1 is 1.26 bits per heavy atom. The first-order valence-electron chi connectivity index (χ1n) is 11.1. The minimum atomic E-state index is -3.83. The SMILES string of the molecule is CCC1CCc2c(Oc3nc(C(=O)NCCc4cc(F)c(NS(C)(=O)=O)c(F)c4)co3)cccc21. The topological polar surface area (TPSA) is 111 Å². The number of aromatic nitrogens is 1. The molecule has 4 rings (SSSR count). The monoisotopic (exact) mass is 505 g/mol. The molecule has 3 aromatic rings. The van der Waals surface area contributed by atoms with E-state index in [1.54, 1.807) is 4.72 Å². The van der Waals surface area contributed by atoms with Gasteiger partial charge in [0, 0.05) is 6.54 Å². The van der Waals surface area contributed by atoms with Gasteiger partial charge in [-0.05, 0) is 66.5 Å². The molecule has 11 heteroatoms. The molecule has 0 radical (unpaired) electrons. The van der Waals surface area contributed by atoms with Crippen LogP contribution in [0, 0.1) is 11.6 Å². The fourth-order valence-electron chi connectivity index (χ4n) is 4.19. The van der Waals surface area contributed by atoms with Crippen molar-refractivity contribution in [1.29, 1.82) is 0 Å². The summed E-state index contributed by atoms with van der Waals surface area (Å²) >= 11 is 0. The molecular weight excluding hydrogens is 480 g/mol. The molecule has 1 aromatic heterocycles. The van der Waals surface area contributed by atoms with Crippen LogP contribution < -0.4 is 14.8 Å². The summed E-state index contributed by atoms with van der Waals surface area (Å²) in [6.07, 6.45) is 5.05. The molecule has 0 bridgehead atoms. The van der Waals surface area contributed by atoms with Crippen LogP contribution in [0.5, 0.6) is 11.8 Å². The van der Waals surface area contributed by atoms with Crippen LogP contribution in [0.25, 0.3) is 0 Å². The normalized spacial score (nSPS) is 15.0. The molecule has 1 unspecified atom stereocenters. The molecule has 1 aliphatic rings. The van der Waals surface area contributed by atoms with Gasteiger partial charge in [-0.15, -0.1) is 0 Å². The van der Waals surface area contributed by atoms with Crippen LogP contribution in [0.2, 0.25) is 0 Å². The Bertz CT molecular complexity index is 1330. The van der Waals surface area contributed by atoms with Crippen molar-refractivity contribution in [2.75, 3.05) is 17.5 Å². The number of oxazole rings is 1. The summed E-state index contributed by atoms with van der Waals surface area (Å²) in [5.41, 5.74) is 1.89. The van der Waals surface area contributed by atoms with Crippen LogP contribution >= 0.6 is 0 Å². The molecule has 1 heterocycles. The number of benzene rings is 2. The van der Waals surface area contributed by atoms with Gasteiger partial charge in [-0.25, -0.2) is 17.2 Å². The average Bonchev–Trinajstić information content (AvgIpc) is 3.43. The van der Waals surface area contributed by atoms with E-state index in [2.05, 4.69) is 23.3 Å². The highest BCUT2D eigenvalue weighted by Crippen LogP contribution is 2.41. The zero-order valence-electron chi connectivity index (χ0n) is 19.2. The molecule has 0 saturated heterocycles. The van der Waals surface area contributed by atoms with E-state index in [0.29, 0.717) is 11.7 Å². The maximum absolute atomic E-state index is 14.1. The van der Waals surface area contributed by atoms with Crippen molar-refractivity contribution < 1.29 is 31.1 Å². The van der Waals surface area contributed by atoms with Crippen LogP contribution in [-0.2, 0) is 22.9 Å². The lowest BCUT2D eigenvalue weighted by atomic mass is 9.99. The van der Waals surface area contributed by atoms with Crippen molar-refractivity contribution in [2.45, 2.75) is 38.5 Å². The third kappa shape index (κ3) is 5.79. The van der Waals surface area contributed by atoms with Gasteiger partial charge in [0.25, 0.3) is 5.91 Å². The van der Waals surface area contributed by atoms with E-state index in [-0.39, 0.29) is 30.3 Å². The number of nitrogens with zero attached hydrogens (tertiary/aromatic N) is 1. The average molecular weight is 506 g/mol. The number of hydrogen-bond acceptors (Lipinski definition) is 6. The van der Waals surface area contributed by atoms with Crippen molar-refractivity contribution in [1.82, 2.24) is 10.3 Å². The minimum Gasteiger partial charge on any atom is -0.416 e. The largest absolute Gasteiger partial charge is 0.416 e. The van der Waals surface area contributed by atoms with Crippen molar-refractivity contribution in [2.24, 2.45) is 0 Å². The molecule has 0 saturated carbocycles. The Hall–Kier alpha value is -3.47. The molecule has 1 amide bonds. The van der Waals surface area contributed by atoms with E-state index in [1.807, 2.05) is 12.1 Å². The lowest BCUT2D eigenvalue weighted by Gasteiger charge is -2.10. The maximum atomic E-state index is 14.1. The highest BCUT2D eigenvalue weighted by atomic mass is 32.2. The summed E-state index contributed by atoms with van der Waals surface area (Å²) in [5, 5.41) is 2.60. The van der Waals surface area contributed by atoms with E-state index in [4.69, 9.17) is 9.15 Å². The van der Waals surface area contributed by atoms with Gasteiger partial charge in [0.05, 0.1) is 6.26 Å². The Kier molecular flexibility index (Phi) is 7.06. The number of rotatable bonds is 9. The van der Waals surface area contributed by atoms with Crippen LogP contribution in [0.4, 0.5) is 14.5 Å². The molecule has 1 atom stereocenters. The molecule has 0 fully saturated rings. The first-order valence-corrected chi connectivity index (χ1v) is 13.0. The van der Waals surface area contributed by atoms with E-state index < -0.39 is 33.3 Å². The molecule has 1 aliphatic carbocycles. The second kappa shape index (κ2) is 10.0. The number of nitrogens with one attached hydrogen (secondary N) is 2. The molecule has 186 valence electrons. The number of fused-ring (bicyclic) bond motifs is 1. The second-order valence-corrected chi connectivity index (χ2v) is 10.1. The van der Waals surface area contributed by atoms with Crippen LogP contribution in [0.1, 0.15) is 52.9 Å². The van der Waals surface area contributed by atoms with Gasteiger partial charge in [-0.1, -0.05) is 19.1 Å². The van der Waals surface area contributed by atoms with Crippen molar-refractivity contribution >= 4 is 21.6 Å². The van der Waals surface area contributed by atoms with Gasteiger partial charge in [0.2, 0.25) is 10.0 Å². The number of sulfonamides is 1. The zero-order chi connectivity index (χ0) is 25.2. The van der Waals surface area contributed by atoms with Crippen LogP contribution in [0.15, 0.2) is 41.0 Å². The van der Waals surface area contributed by atoms with Crippen LogP contribution in [0.3, 0.4) is 0 Å². The fourth-order valence-corrected chi connectivity index (χ4v) is 4.76. The van der Waals surface area contributed by atoms with Gasteiger partial charge in [-0.2, -0.15) is 4.98 Å². The summed E-state index contributed by atoms with van der Waals surface area (Å²) < 4.78 is 63.6. The summed E-state index contributed by atoms with van der Waals surface area (Å²) in [4.78, 5) is 16.5. The minimum absolute atomic E-state index is 0.00377. The highest BCUT2D eigenvalue weighted by molar-refractivity contribution is 7.92. The Balaban J connectivity index is 1.35. The molecule has 2 aromatic carbocycles. The van der Waals surface area contributed by atoms with E-state index in [0.717, 1.165) is 43.2 Å². The number of hydrogen-bond donors (Lipinski definition) is 2. The number of amides is 1. The van der Waals surface area contributed by atoms with E-state index >= 15 is 0 Å². The number of carbonyl (C=O) groups is 1. The van der Waals surface area contributed by atoms with Gasteiger partial charge in [0.15, 0.2) is 17.3 Å². The van der Waals surface area contributed by atoms with Gasteiger partial charge in [0.1, 0.15) is 17.7 Å². The zero-order valence-corrected chi connectivity index (χ0v) is 20.0. The summed E-state index contributed by atoms with van der Waals surface area (Å²) in [6, 6.07) is 7.88. The lowest BCUT2D eigenvalue weighted by Crippen LogP contribution is -2.26. The smallest absolute Gasteiger partial charge is 0.399 e. The maximum Gasteiger partial charge on any atom is 0.399 e. The van der Waals surface area contributed by atoms with Gasteiger partial charge < -0.3 is 14.5 Å².